The number of amides is 1. The van der Waals surface area contributed by atoms with Gasteiger partial charge in [0.1, 0.15) is 10.8 Å². The van der Waals surface area contributed by atoms with Gasteiger partial charge in [-0.3, -0.25) is 10.1 Å². The lowest BCUT2D eigenvalue weighted by atomic mass is 9.95. The second-order valence-electron chi connectivity index (χ2n) is 5.93. The minimum atomic E-state index is -0.386. The van der Waals surface area contributed by atoms with Gasteiger partial charge in [0.2, 0.25) is 5.91 Å². The van der Waals surface area contributed by atoms with Crippen molar-refractivity contribution >= 4 is 51.6 Å². The molecule has 0 bridgehead atoms. The van der Waals surface area contributed by atoms with E-state index in [-0.39, 0.29) is 17.0 Å². The van der Waals surface area contributed by atoms with Crippen LogP contribution in [0, 0.1) is 0 Å². The quantitative estimate of drug-likeness (QED) is 0.447. The van der Waals surface area contributed by atoms with Crippen molar-refractivity contribution in [3.63, 3.8) is 0 Å². The topological polar surface area (TPSA) is 80.6 Å². The van der Waals surface area contributed by atoms with Crippen LogP contribution < -0.4 is 10.6 Å². The molecule has 0 radical (unpaired) electrons. The van der Waals surface area contributed by atoms with E-state index < -0.39 is 0 Å². The molecule has 0 aromatic carbocycles. The molecule has 0 unspecified atom stereocenters. The van der Waals surface area contributed by atoms with Gasteiger partial charge in [-0.1, -0.05) is 0 Å². The van der Waals surface area contributed by atoms with Gasteiger partial charge >= 0.3 is 5.97 Å². The smallest absolute Gasteiger partial charge is 0.341 e. The summed E-state index contributed by atoms with van der Waals surface area (Å²) in [6.07, 6.45) is 8.36. The number of ether oxygens (including phenoxy) is 1. The number of aryl methyl sites for hydroxylation is 1. The maximum atomic E-state index is 12.4. The molecule has 0 aliphatic heterocycles. The molecule has 0 fully saturated rings. The van der Waals surface area contributed by atoms with Gasteiger partial charge in [-0.25, -0.2) is 4.79 Å². The number of carbonyl (C=O) groups is 2. The third-order valence-corrected chi connectivity index (χ3v) is 5.47. The first kappa shape index (κ1) is 19.3. The average molecular weight is 405 g/mol. The van der Waals surface area contributed by atoms with Crippen LogP contribution in [0.2, 0.25) is 0 Å². The summed E-state index contributed by atoms with van der Waals surface area (Å²) in [5.74, 6) is -0.172. The average Bonchev–Trinajstić information content (AvgIpc) is 3.27. The second kappa shape index (κ2) is 8.96. The monoisotopic (exact) mass is 404 g/mol. The number of carbonyl (C=O) groups excluding carboxylic acids is 2. The van der Waals surface area contributed by atoms with E-state index in [2.05, 4.69) is 10.6 Å². The van der Waals surface area contributed by atoms with Crippen molar-refractivity contribution in [3.8, 4) is 0 Å². The van der Waals surface area contributed by atoms with Crippen molar-refractivity contribution in [1.82, 2.24) is 5.32 Å². The van der Waals surface area contributed by atoms with Gasteiger partial charge in [-0.15, -0.1) is 11.3 Å². The Balaban J connectivity index is 1.70. The zero-order valence-electron chi connectivity index (χ0n) is 14.9. The number of thiocarbonyl (C=S) groups is 1. The zero-order valence-corrected chi connectivity index (χ0v) is 16.5. The molecule has 1 aliphatic carbocycles. The van der Waals surface area contributed by atoms with E-state index in [0.29, 0.717) is 22.9 Å². The Morgan fingerprint density at radius 2 is 2.19 bits per heavy atom. The summed E-state index contributed by atoms with van der Waals surface area (Å²) in [5, 5.41) is 6.33. The van der Waals surface area contributed by atoms with Crippen LogP contribution in [0.1, 0.15) is 46.3 Å². The Morgan fingerprint density at radius 3 is 2.93 bits per heavy atom. The molecule has 0 saturated carbocycles. The van der Waals surface area contributed by atoms with Crippen molar-refractivity contribution < 1.29 is 18.7 Å². The van der Waals surface area contributed by atoms with Crippen molar-refractivity contribution in [1.29, 1.82) is 0 Å². The lowest BCUT2D eigenvalue weighted by Gasteiger charge is -2.12. The first-order valence-corrected chi connectivity index (χ1v) is 9.96. The highest BCUT2D eigenvalue weighted by Crippen LogP contribution is 2.38. The summed E-state index contributed by atoms with van der Waals surface area (Å²) >= 11 is 6.73. The normalized spacial score (nSPS) is 13.2. The van der Waals surface area contributed by atoms with Crippen LogP contribution in [-0.2, 0) is 22.4 Å². The first-order valence-electron chi connectivity index (χ1n) is 8.73. The largest absolute Gasteiger partial charge is 0.465 e. The number of rotatable bonds is 5. The van der Waals surface area contributed by atoms with Gasteiger partial charge in [-0.2, -0.15) is 0 Å². The Bertz CT molecular complexity index is 869. The first-order chi connectivity index (χ1) is 13.1. The maximum absolute atomic E-state index is 12.4. The Morgan fingerprint density at radius 1 is 1.37 bits per heavy atom. The van der Waals surface area contributed by atoms with Gasteiger partial charge in [0.05, 0.1) is 18.4 Å². The van der Waals surface area contributed by atoms with E-state index in [1.165, 1.54) is 28.6 Å². The molecule has 2 aromatic heterocycles. The summed E-state index contributed by atoms with van der Waals surface area (Å²) in [7, 11) is 0. The van der Waals surface area contributed by atoms with Gasteiger partial charge in [-0.05, 0) is 68.6 Å². The lowest BCUT2D eigenvalue weighted by Crippen LogP contribution is -2.33. The van der Waals surface area contributed by atoms with E-state index >= 15 is 0 Å². The van der Waals surface area contributed by atoms with Gasteiger partial charge in [0.25, 0.3) is 0 Å². The number of nitrogens with one attached hydrogen (secondary N) is 2. The lowest BCUT2D eigenvalue weighted by molar-refractivity contribution is -0.115. The molecule has 1 amide bonds. The Kier molecular flexibility index (Phi) is 6.41. The molecular weight excluding hydrogens is 384 g/mol. The van der Waals surface area contributed by atoms with Gasteiger partial charge in [0.15, 0.2) is 5.11 Å². The van der Waals surface area contributed by atoms with Crippen molar-refractivity contribution in [2.75, 3.05) is 11.9 Å². The predicted molar refractivity (Wildman–Crippen MR) is 109 cm³/mol. The number of esters is 1. The number of anilines is 1. The minimum absolute atomic E-state index is 0.133. The highest BCUT2D eigenvalue weighted by molar-refractivity contribution is 7.80. The number of thiophene rings is 1. The van der Waals surface area contributed by atoms with E-state index in [9.17, 15) is 9.59 Å². The summed E-state index contributed by atoms with van der Waals surface area (Å²) in [6, 6.07) is 3.47. The van der Waals surface area contributed by atoms with E-state index in [1.54, 1.807) is 25.1 Å². The fourth-order valence-corrected chi connectivity index (χ4v) is 4.45. The van der Waals surface area contributed by atoms with Crippen molar-refractivity contribution in [2.45, 2.75) is 32.6 Å². The van der Waals surface area contributed by atoms with Crippen LogP contribution in [-0.4, -0.2) is 23.6 Å². The molecule has 2 heterocycles. The molecule has 0 atom stereocenters. The summed E-state index contributed by atoms with van der Waals surface area (Å²) in [4.78, 5) is 25.6. The SMILES string of the molecule is CCOC(=O)c1c(NC(=S)NC(=O)/C=C/c2ccco2)sc2c1CCCC2. The molecule has 2 N–H and O–H groups in total. The third kappa shape index (κ3) is 4.84. The highest BCUT2D eigenvalue weighted by atomic mass is 32.1. The van der Waals surface area contributed by atoms with Crippen LogP contribution in [0.3, 0.4) is 0 Å². The minimum Gasteiger partial charge on any atom is -0.465 e. The molecule has 142 valence electrons. The molecule has 3 rings (SSSR count). The number of fused-ring (bicyclic) bond motifs is 1. The van der Waals surface area contributed by atoms with E-state index in [4.69, 9.17) is 21.4 Å². The molecule has 1 aliphatic rings. The molecule has 8 heteroatoms. The molecule has 6 nitrogen and oxygen atoms in total. The summed E-state index contributed by atoms with van der Waals surface area (Å²) < 4.78 is 10.3. The van der Waals surface area contributed by atoms with Crippen LogP contribution in [0.4, 0.5) is 5.00 Å². The number of hydrogen-bond acceptors (Lipinski definition) is 6. The fourth-order valence-electron chi connectivity index (χ4n) is 2.90. The summed E-state index contributed by atoms with van der Waals surface area (Å²) in [6.45, 7) is 2.09. The Hall–Kier alpha value is -2.45. The Labute approximate surface area is 166 Å². The maximum Gasteiger partial charge on any atom is 0.341 e. The molecule has 27 heavy (non-hydrogen) atoms. The van der Waals surface area contributed by atoms with Crippen LogP contribution in [0.5, 0.6) is 0 Å². The molecule has 0 saturated heterocycles. The molecular formula is C19H20N2O4S2. The van der Waals surface area contributed by atoms with E-state index in [1.807, 2.05) is 0 Å². The van der Waals surface area contributed by atoms with Gasteiger partial charge in [0, 0.05) is 11.0 Å². The summed E-state index contributed by atoms with van der Waals surface area (Å²) in [5.41, 5.74) is 1.58. The molecule has 2 aromatic rings. The van der Waals surface area contributed by atoms with Crippen molar-refractivity contribution in [3.05, 3.63) is 46.2 Å². The van der Waals surface area contributed by atoms with Crippen LogP contribution in [0.15, 0.2) is 28.9 Å². The third-order valence-electron chi connectivity index (χ3n) is 4.06. The zero-order chi connectivity index (χ0) is 19.2. The molecule has 0 spiro atoms. The predicted octanol–water partition coefficient (Wildman–Crippen LogP) is 3.92. The second-order valence-corrected chi connectivity index (χ2v) is 7.44. The fraction of sp³-hybridized carbons (Fsp3) is 0.316. The highest BCUT2D eigenvalue weighted by Gasteiger charge is 2.26. The number of furan rings is 1. The number of hydrogen-bond donors (Lipinski definition) is 2. The van der Waals surface area contributed by atoms with E-state index in [0.717, 1.165) is 31.2 Å². The van der Waals surface area contributed by atoms with Crippen LogP contribution in [0.25, 0.3) is 6.08 Å². The standard InChI is InChI=1S/C19H20N2O4S2/c1-2-24-18(23)16-13-7-3-4-8-14(13)27-17(16)21-19(26)20-15(22)10-9-12-6-5-11-25-12/h5-6,9-11H,2-4,7-8H2,1H3,(H2,20,21,22,26)/b10-9+. The van der Waals surface area contributed by atoms with Gasteiger partial charge < -0.3 is 14.5 Å². The van der Waals surface area contributed by atoms with Crippen molar-refractivity contribution in [2.24, 2.45) is 0 Å². The van der Waals surface area contributed by atoms with Crippen LogP contribution >= 0.6 is 23.6 Å².